The molecule has 2 saturated heterocycles. The summed E-state index contributed by atoms with van der Waals surface area (Å²) >= 11 is 0. The Kier molecular flexibility index (Phi) is 7.08. The number of Topliss-reactive ketones (excluding diaryl/α,β-unsaturated/α-hetero) is 1. The highest BCUT2D eigenvalue weighted by Crippen LogP contribution is 2.40. The maximum absolute atomic E-state index is 13.5. The number of rotatable bonds is 7. The Morgan fingerprint density at radius 2 is 1.66 bits per heavy atom. The van der Waals surface area contributed by atoms with Gasteiger partial charge in [-0.1, -0.05) is 18.9 Å². The number of aromatic nitrogens is 4. The predicted octanol–water partition coefficient (Wildman–Crippen LogP) is 3.82. The first-order valence-electron chi connectivity index (χ1n) is 15.2. The summed E-state index contributed by atoms with van der Waals surface area (Å²) in [5, 5.41) is 3.98. The molecule has 0 radical (unpaired) electrons. The zero-order chi connectivity index (χ0) is 28.1. The number of pyridine rings is 2. The minimum Gasteiger partial charge on any atom is -0.378 e. The predicted molar refractivity (Wildman–Crippen MR) is 157 cm³/mol. The first-order chi connectivity index (χ1) is 20.0. The molecule has 10 heteroatoms. The fourth-order valence-electron chi connectivity index (χ4n) is 7.20. The van der Waals surface area contributed by atoms with Crippen LogP contribution in [0.4, 0.5) is 11.8 Å². The average Bonchev–Trinajstić information content (AvgIpc) is 3.43. The quantitative estimate of drug-likeness (QED) is 0.434. The third-order valence-corrected chi connectivity index (χ3v) is 9.86. The van der Waals surface area contributed by atoms with E-state index in [1.807, 2.05) is 19.2 Å². The van der Waals surface area contributed by atoms with E-state index in [-0.39, 0.29) is 22.9 Å². The highest BCUT2D eigenvalue weighted by Gasteiger charge is 2.37. The first kappa shape index (κ1) is 26.7. The largest absolute Gasteiger partial charge is 0.378 e. The SMILES string of the molecule is CC(=O)c1c(C)c2cnc(Nc3ccc(C4CC(N5CCN(C6COC6)CC5)C4)cn3)nc2n(C2CCCC2)c1=O. The second-order valence-electron chi connectivity index (χ2n) is 12.3. The van der Waals surface area contributed by atoms with Gasteiger partial charge in [0.15, 0.2) is 5.78 Å². The smallest absolute Gasteiger partial charge is 0.263 e. The second kappa shape index (κ2) is 10.9. The highest BCUT2D eigenvalue weighted by molar-refractivity contribution is 5.99. The summed E-state index contributed by atoms with van der Waals surface area (Å²) in [6.45, 7) is 9.70. The van der Waals surface area contributed by atoms with E-state index in [9.17, 15) is 9.59 Å². The van der Waals surface area contributed by atoms with E-state index in [1.54, 1.807) is 10.8 Å². The van der Waals surface area contributed by atoms with Gasteiger partial charge >= 0.3 is 0 Å². The van der Waals surface area contributed by atoms with Crippen LogP contribution in [0.25, 0.3) is 11.0 Å². The van der Waals surface area contributed by atoms with Gasteiger partial charge in [0, 0.05) is 56.0 Å². The molecule has 41 heavy (non-hydrogen) atoms. The van der Waals surface area contributed by atoms with Crippen molar-refractivity contribution in [1.29, 1.82) is 0 Å². The van der Waals surface area contributed by atoms with E-state index in [1.165, 1.54) is 25.3 Å². The molecule has 10 nitrogen and oxygen atoms in total. The van der Waals surface area contributed by atoms with Crippen LogP contribution in [0.3, 0.4) is 0 Å². The molecular formula is C31H39N7O3. The number of carbonyl (C=O) groups is 1. The molecule has 0 bridgehead atoms. The molecule has 0 spiro atoms. The van der Waals surface area contributed by atoms with Gasteiger partial charge in [-0.05, 0) is 62.6 Å². The third-order valence-electron chi connectivity index (χ3n) is 9.86. The molecule has 0 atom stereocenters. The van der Waals surface area contributed by atoms with Crippen molar-refractivity contribution in [2.45, 2.75) is 76.4 Å². The number of anilines is 2. The molecule has 0 amide bonds. The first-order valence-corrected chi connectivity index (χ1v) is 15.2. The van der Waals surface area contributed by atoms with Crippen LogP contribution in [-0.4, -0.2) is 86.6 Å². The molecule has 0 aromatic carbocycles. The van der Waals surface area contributed by atoms with E-state index in [4.69, 9.17) is 9.72 Å². The number of ketones is 1. The van der Waals surface area contributed by atoms with Crippen molar-refractivity contribution in [2.24, 2.45) is 0 Å². The van der Waals surface area contributed by atoms with Crippen LogP contribution in [-0.2, 0) is 4.74 Å². The molecule has 4 aliphatic rings. The molecule has 2 aliphatic carbocycles. The van der Waals surface area contributed by atoms with Crippen molar-refractivity contribution in [3.05, 3.63) is 51.6 Å². The van der Waals surface area contributed by atoms with Gasteiger partial charge in [0.1, 0.15) is 11.5 Å². The molecule has 2 saturated carbocycles. The Hall–Kier alpha value is -3.21. The highest BCUT2D eigenvalue weighted by atomic mass is 16.5. The zero-order valence-electron chi connectivity index (χ0n) is 24.0. The van der Waals surface area contributed by atoms with E-state index in [0.717, 1.165) is 70.5 Å². The van der Waals surface area contributed by atoms with Crippen LogP contribution < -0.4 is 10.9 Å². The molecular weight excluding hydrogens is 518 g/mol. The number of nitrogens with one attached hydrogen (secondary N) is 1. The topological polar surface area (TPSA) is 105 Å². The molecule has 5 heterocycles. The van der Waals surface area contributed by atoms with Crippen LogP contribution in [0, 0.1) is 6.92 Å². The van der Waals surface area contributed by atoms with Gasteiger partial charge in [-0.3, -0.25) is 24.0 Å². The summed E-state index contributed by atoms with van der Waals surface area (Å²) in [4.78, 5) is 45.1. The standard InChI is InChI=1S/C31H39N7O3/c1-19-26-16-33-31(35-29(26)38(23-5-3-4-6-23)30(40)28(19)20(2)39)34-27-8-7-21(15-32-27)22-13-24(14-22)36-9-11-37(12-10-36)25-17-41-18-25/h7-8,15-16,22-25H,3-6,9-14,17-18H2,1-2H3,(H,32,33,34,35). The van der Waals surface area contributed by atoms with Crippen LogP contribution in [0.1, 0.15) is 78.9 Å². The van der Waals surface area contributed by atoms with Gasteiger partial charge in [-0.15, -0.1) is 0 Å². The van der Waals surface area contributed by atoms with Crippen molar-refractivity contribution in [3.63, 3.8) is 0 Å². The van der Waals surface area contributed by atoms with E-state index in [0.29, 0.717) is 41.0 Å². The Morgan fingerprint density at radius 1 is 0.951 bits per heavy atom. The van der Waals surface area contributed by atoms with Crippen molar-refractivity contribution < 1.29 is 9.53 Å². The summed E-state index contributed by atoms with van der Waals surface area (Å²) in [5.74, 6) is 1.41. The molecule has 216 valence electrons. The van der Waals surface area contributed by atoms with Crippen LogP contribution in [0.2, 0.25) is 0 Å². The van der Waals surface area contributed by atoms with Gasteiger partial charge < -0.3 is 10.1 Å². The summed E-state index contributed by atoms with van der Waals surface area (Å²) in [5.41, 5.74) is 2.51. The Balaban J connectivity index is 1.03. The summed E-state index contributed by atoms with van der Waals surface area (Å²) < 4.78 is 7.10. The van der Waals surface area contributed by atoms with Crippen molar-refractivity contribution in [2.75, 3.05) is 44.7 Å². The molecule has 4 fully saturated rings. The Labute approximate surface area is 240 Å². The lowest BCUT2D eigenvalue weighted by molar-refractivity contribution is -0.0829. The van der Waals surface area contributed by atoms with Gasteiger partial charge in [0.05, 0.1) is 24.8 Å². The minimum absolute atomic E-state index is 0.0522. The summed E-state index contributed by atoms with van der Waals surface area (Å²) in [6, 6.07) is 5.52. The normalized spacial score (nSPS) is 24.3. The third kappa shape index (κ3) is 4.96. The van der Waals surface area contributed by atoms with E-state index in [2.05, 4.69) is 31.2 Å². The monoisotopic (exact) mass is 557 g/mol. The second-order valence-corrected chi connectivity index (χ2v) is 12.3. The van der Waals surface area contributed by atoms with Crippen LogP contribution in [0.15, 0.2) is 29.3 Å². The lowest BCUT2D eigenvalue weighted by Crippen LogP contribution is -2.59. The molecule has 0 unspecified atom stereocenters. The number of nitrogens with zero attached hydrogens (tertiary/aromatic N) is 6. The van der Waals surface area contributed by atoms with Crippen molar-refractivity contribution >= 4 is 28.6 Å². The van der Waals surface area contributed by atoms with Gasteiger partial charge in [0.2, 0.25) is 5.95 Å². The van der Waals surface area contributed by atoms with Gasteiger partial charge in [-0.2, -0.15) is 4.98 Å². The molecule has 2 aliphatic heterocycles. The number of ether oxygens (including phenoxy) is 1. The van der Waals surface area contributed by atoms with Crippen molar-refractivity contribution in [3.8, 4) is 0 Å². The number of fused-ring (bicyclic) bond motifs is 1. The lowest BCUT2D eigenvalue weighted by Gasteiger charge is -2.48. The summed E-state index contributed by atoms with van der Waals surface area (Å²) in [6.07, 6.45) is 10.0. The van der Waals surface area contributed by atoms with Gasteiger partial charge in [0.25, 0.3) is 5.56 Å². The minimum atomic E-state index is -0.241. The maximum Gasteiger partial charge on any atom is 0.263 e. The van der Waals surface area contributed by atoms with E-state index < -0.39 is 0 Å². The number of carbonyl (C=O) groups excluding carboxylic acids is 1. The maximum atomic E-state index is 13.5. The molecule has 3 aromatic heterocycles. The molecule has 3 aromatic rings. The Bertz CT molecular complexity index is 1500. The number of hydrogen-bond acceptors (Lipinski definition) is 9. The van der Waals surface area contributed by atoms with Crippen LogP contribution >= 0.6 is 0 Å². The Morgan fingerprint density at radius 3 is 2.27 bits per heavy atom. The average molecular weight is 558 g/mol. The molecule has 7 rings (SSSR count). The number of piperazine rings is 1. The van der Waals surface area contributed by atoms with Crippen LogP contribution in [0.5, 0.6) is 0 Å². The van der Waals surface area contributed by atoms with Crippen molar-refractivity contribution in [1.82, 2.24) is 29.3 Å². The van der Waals surface area contributed by atoms with E-state index >= 15 is 0 Å². The van der Waals surface area contributed by atoms with Gasteiger partial charge in [-0.25, -0.2) is 9.97 Å². The lowest BCUT2D eigenvalue weighted by atomic mass is 9.75. The number of aryl methyl sites for hydroxylation is 1. The zero-order valence-corrected chi connectivity index (χ0v) is 24.0. The fourth-order valence-corrected chi connectivity index (χ4v) is 7.20. The summed E-state index contributed by atoms with van der Waals surface area (Å²) in [7, 11) is 0. The fraction of sp³-hybridized carbons (Fsp3) is 0.581. The molecule has 1 N–H and O–H groups in total. The number of hydrogen-bond donors (Lipinski definition) is 1.